The van der Waals surface area contributed by atoms with Crippen molar-refractivity contribution in [2.45, 2.75) is 6.42 Å². The summed E-state index contributed by atoms with van der Waals surface area (Å²) in [6, 6.07) is 7.25. The maximum Gasteiger partial charge on any atom is 0.252 e. The molecular weight excluding hydrogens is 264 g/mol. The summed E-state index contributed by atoms with van der Waals surface area (Å²) in [7, 11) is 1.93. The summed E-state index contributed by atoms with van der Waals surface area (Å²) in [5, 5.41) is 2.89. The van der Waals surface area contributed by atoms with Gasteiger partial charge in [0.25, 0.3) is 5.91 Å². The number of imidazole rings is 1. The first-order valence-electron chi connectivity index (χ1n) is 6.74. The Balaban J connectivity index is 1.99. The Morgan fingerprint density at radius 2 is 2.24 bits per heavy atom. The number of nitrogens with one attached hydrogen (secondary N) is 1. The van der Waals surface area contributed by atoms with Crippen molar-refractivity contribution in [3.8, 4) is 11.8 Å². The van der Waals surface area contributed by atoms with Gasteiger partial charge in [-0.05, 0) is 12.1 Å². The first-order chi connectivity index (χ1) is 10.2. The van der Waals surface area contributed by atoms with E-state index < -0.39 is 0 Å². The molecule has 0 saturated heterocycles. The van der Waals surface area contributed by atoms with Crippen molar-refractivity contribution in [3.05, 3.63) is 53.6 Å². The van der Waals surface area contributed by atoms with Crippen molar-refractivity contribution in [1.82, 2.24) is 14.9 Å². The molecular formula is C16H18N4O. The van der Waals surface area contributed by atoms with Crippen LogP contribution in [-0.2, 0) is 13.5 Å². The van der Waals surface area contributed by atoms with Crippen LogP contribution in [0.25, 0.3) is 0 Å². The molecule has 5 nitrogen and oxygen atoms in total. The van der Waals surface area contributed by atoms with Crippen LogP contribution in [0.2, 0.25) is 0 Å². The molecule has 1 aromatic heterocycles. The summed E-state index contributed by atoms with van der Waals surface area (Å²) in [5.74, 6) is 6.49. The highest BCUT2D eigenvalue weighted by atomic mass is 16.1. The van der Waals surface area contributed by atoms with Crippen molar-refractivity contribution >= 4 is 5.91 Å². The van der Waals surface area contributed by atoms with E-state index in [0.29, 0.717) is 24.1 Å². The summed E-state index contributed by atoms with van der Waals surface area (Å²) in [5.41, 5.74) is 6.63. The third-order valence-electron chi connectivity index (χ3n) is 3.05. The van der Waals surface area contributed by atoms with Crippen molar-refractivity contribution < 1.29 is 4.79 Å². The lowest BCUT2D eigenvalue weighted by molar-refractivity contribution is 0.0953. The lowest BCUT2D eigenvalue weighted by atomic mass is 10.1. The fourth-order valence-corrected chi connectivity index (χ4v) is 1.96. The smallest absolute Gasteiger partial charge is 0.252 e. The predicted molar refractivity (Wildman–Crippen MR) is 81.6 cm³/mol. The van der Waals surface area contributed by atoms with E-state index >= 15 is 0 Å². The van der Waals surface area contributed by atoms with Gasteiger partial charge in [-0.1, -0.05) is 24.0 Å². The third kappa shape index (κ3) is 3.94. The number of nitrogens with two attached hydrogens (primary N) is 1. The van der Waals surface area contributed by atoms with Crippen molar-refractivity contribution in [3.63, 3.8) is 0 Å². The monoisotopic (exact) mass is 282 g/mol. The Hall–Kier alpha value is -2.58. The predicted octanol–water partition coefficient (Wildman–Crippen LogP) is 0.703. The molecule has 0 bridgehead atoms. The molecule has 2 aromatic rings. The standard InChI is InChI=1S/C16H18N4O/c1-20-12-11-18-15(20)8-10-19-16(21)14-7-3-2-5-13(14)6-4-9-17/h2-3,5,7,11-12H,8-10,17H2,1H3,(H,19,21). The zero-order chi connectivity index (χ0) is 15.1. The van der Waals surface area contributed by atoms with E-state index in [1.807, 2.05) is 36.0 Å². The van der Waals surface area contributed by atoms with Crippen LogP contribution in [0.15, 0.2) is 36.7 Å². The Labute approximate surface area is 124 Å². The van der Waals surface area contributed by atoms with Crippen LogP contribution in [0.3, 0.4) is 0 Å². The molecule has 5 heteroatoms. The van der Waals surface area contributed by atoms with Crippen LogP contribution in [0.4, 0.5) is 0 Å². The van der Waals surface area contributed by atoms with Gasteiger partial charge in [0, 0.05) is 38.0 Å². The number of aromatic nitrogens is 2. The van der Waals surface area contributed by atoms with Crippen LogP contribution in [-0.4, -0.2) is 28.5 Å². The second kappa shape index (κ2) is 7.27. The van der Waals surface area contributed by atoms with Gasteiger partial charge in [0.05, 0.1) is 12.1 Å². The lowest BCUT2D eigenvalue weighted by Gasteiger charge is -2.07. The highest BCUT2D eigenvalue weighted by Crippen LogP contribution is 2.07. The molecule has 3 N–H and O–H groups in total. The maximum absolute atomic E-state index is 12.2. The van der Waals surface area contributed by atoms with Gasteiger partial charge in [0.1, 0.15) is 5.82 Å². The number of hydrogen-bond acceptors (Lipinski definition) is 3. The third-order valence-corrected chi connectivity index (χ3v) is 3.05. The summed E-state index contributed by atoms with van der Waals surface area (Å²) in [4.78, 5) is 16.4. The van der Waals surface area contributed by atoms with Crippen LogP contribution in [0, 0.1) is 11.8 Å². The first-order valence-corrected chi connectivity index (χ1v) is 6.74. The zero-order valence-corrected chi connectivity index (χ0v) is 12.0. The van der Waals surface area contributed by atoms with E-state index in [-0.39, 0.29) is 12.5 Å². The van der Waals surface area contributed by atoms with E-state index in [0.717, 1.165) is 5.82 Å². The van der Waals surface area contributed by atoms with Gasteiger partial charge in [0.15, 0.2) is 0 Å². The van der Waals surface area contributed by atoms with Gasteiger partial charge >= 0.3 is 0 Å². The Morgan fingerprint density at radius 3 is 2.95 bits per heavy atom. The molecule has 0 radical (unpaired) electrons. The number of aryl methyl sites for hydroxylation is 1. The molecule has 0 atom stereocenters. The molecule has 1 amide bonds. The Bertz CT molecular complexity index is 679. The topological polar surface area (TPSA) is 72.9 Å². The molecule has 0 aliphatic rings. The normalized spacial score (nSPS) is 9.81. The van der Waals surface area contributed by atoms with Crippen molar-refractivity contribution in [2.24, 2.45) is 12.8 Å². The van der Waals surface area contributed by atoms with E-state index in [2.05, 4.69) is 22.1 Å². The zero-order valence-electron chi connectivity index (χ0n) is 12.0. The van der Waals surface area contributed by atoms with E-state index in [4.69, 9.17) is 5.73 Å². The average molecular weight is 282 g/mol. The number of amides is 1. The van der Waals surface area contributed by atoms with Gasteiger partial charge in [-0.15, -0.1) is 0 Å². The number of rotatable bonds is 4. The summed E-state index contributed by atoms with van der Waals surface area (Å²) >= 11 is 0. The number of benzene rings is 1. The Morgan fingerprint density at radius 1 is 1.43 bits per heavy atom. The fraction of sp³-hybridized carbons (Fsp3) is 0.250. The first kappa shape index (κ1) is 14.8. The Kier molecular flexibility index (Phi) is 5.13. The molecule has 0 aliphatic carbocycles. The van der Waals surface area contributed by atoms with Crippen molar-refractivity contribution in [1.29, 1.82) is 0 Å². The lowest BCUT2D eigenvalue weighted by Crippen LogP contribution is -2.27. The maximum atomic E-state index is 12.2. The average Bonchev–Trinajstić information content (AvgIpc) is 2.91. The SMILES string of the molecule is Cn1ccnc1CCNC(=O)c1ccccc1C#CCN. The summed E-state index contributed by atoms with van der Waals surface area (Å²) in [6.07, 6.45) is 4.32. The highest BCUT2D eigenvalue weighted by molar-refractivity contribution is 5.96. The largest absolute Gasteiger partial charge is 0.352 e. The van der Waals surface area contributed by atoms with Gasteiger partial charge < -0.3 is 15.6 Å². The van der Waals surface area contributed by atoms with Crippen LogP contribution < -0.4 is 11.1 Å². The second-order valence-electron chi connectivity index (χ2n) is 4.51. The number of carbonyl (C=O) groups excluding carboxylic acids is 1. The van der Waals surface area contributed by atoms with Crippen LogP contribution in [0.5, 0.6) is 0 Å². The van der Waals surface area contributed by atoms with Crippen molar-refractivity contribution in [2.75, 3.05) is 13.1 Å². The molecule has 0 fully saturated rings. The summed E-state index contributed by atoms with van der Waals surface area (Å²) < 4.78 is 1.94. The van der Waals surface area contributed by atoms with Gasteiger partial charge in [-0.25, -0.2) is 4.98 Å². The molecule has 0 spiro atoms. The van der Waals surface area contributed by atoms with Gasteiger partial charge in [-0.2, -0.15) is 0 Å². The van der Waals surface area contributed by atoms with E-state index in [9.17, 15) is 4.79 Å². The highest BCUT2D eigenvalue weighted by Gasteiger charge is 2.09. The molecule has 1 heterocycles. The van der Waals surface area contributed by atoms with Crippen LogP contribution in [0.1, 0.15) is 21.7 Å². The molecule has 0 saturated carbocycles. The molecule has 108 valence electrons. The van der Waals surface area contributed by atoms with Crippen LogP contribution >= 0.6 is 0 Å². The number of nitrogens with zero attached hydrogens (tertiary/aromatic N) is 2. The number of carbonyl (C=O) groups is 1. The fourth-order valence-electron chi connectivity index (χ4n) is 1.96. The number of hydrogen-bond donors (Lipinski definition) is 2. The second-order valence-corrected chi connectivity index (χ2v) is 4.51. The molecule has 1 aromatic carbocycles. The van der Waals surface area contributed by atoms with E-state index in [1.54, 1.807) is 12.3 Å². The van der Waals surface area contributed by atoms with Gasteiger partial charge in [0.2, 0.25) is 0 Å². The molecule has 21 heavy (non-hydrogen) atoms. The van der Waals surface area contributed by atoms with Gasteiger partial charge in [-0.3, -0.25) is 4.79 Å². The summed E-state index contributed by atoms with van der Waals surface area (Å²) in [6.45, 7) is 0.803. The quantitative estimate of drug-likeness (QED) is 0.811. The molecule has 0 unspecified atom stereocenters. The van der Waals surface area contributed by atoms with E-state index in [1.165, 1.54) is 0 Å². The minimum Gasteiger partial charge on any atom is -0.352 e. The molecule has 2 rings (SSSR count). The molecule has 0 aliphatic heterocycles. The minimum atomic E-state index is -0.133. The minimum absolute atomic E-state index is 0.133.